The van der Waals surface area contributed by atoms with Crippen LogP contribution in [0.1, 0.15) is 43.5 Å². The van der Waals surface area contributed by atoms with Gasteiger partial charge < -0.3 is 15.3 Å². The summed E-state index contributed by atoms with van der Waals surface area (Å²) >= 11 is 0. The molecule has 2 unspecified atom stereocenters. The van der Waals surface area contributed by atoms with Gasteiger partial charge in [0.2, 0.25) is 5.91 Å². The number of aliphatic hydroxyl groups excluding tert-OH is 1. The second-order valence-corrected chi connectivity index (χ2v) is 7.08. The Balaban J connectivity index is 1.97. The Morgan fingerprint density at radius 1 is 1.33 bits per heavy atom. The average Bonchev–Trinajstić information content (AvgIpc) is 2.60. The van der Waals surface area contributed by atoms with Crippen LogP contribution in [0.4, 0.5) is 0 Å². The number of hydrogen-bond donors (Lipinski definition) is 2. The molecule has 2 amide bonds. The maximum absolute atomic E-state index is 12.6. The standard InChI is InChI=1S/C19H28N2O3/c1-15(9-12-22)13-20-18(24)19(2)10-6-11-21(14-19)17(23)16-7-4-3-5-8-16/h3-5,7-8,15,22H,6,9-14H2,1-2H3,(H,20,24). The lowest BCUT2D eigenvalue weighted by molar-refractivity contribution is -0.132. The number of carbonyl (C=O) groups is 2. The molecule has 5 heteroatoms. The van der Waals surface area contributed by atoms with E-state index in [4.69, 9.17) is 5.11 Å². The molecule has 1 aliphatic rings. The Morgan fingerprint density at radius 2 is 2.04 bits per heavy atom. The number of likely N-dealkylation sites (tertiary alicyclic amines) is 1. The summed E-state index contributed by atoms with van der Waals surface area (Å²) in [6, 6.07) is 9.21. The number of nitrogens with one attached hydrogen (secondary N) is 1. The van der Waals surface area contributed by atoms with Gasteiger partial charge in [-0.05, 0) is 44.2 Å². The molecule has 0 bridgehead atoms. The van der Waals surface area contributed by atoms with E-state index in [0.717, 1.165) is 12.8 Å². The van der Waals surface area contributed by atoms with Crippen molar-refractivity contribution in [1.29, 1.82) is 0 Å². The van der Waals surface area contributed by atoms with E-state index in [0.29, 0.717) is 31.6 Å². The Hall–Kier alpha value is -1.88. The van der Waals surface area contributed by atoms with Gasteiger partial charge in [0.25, 0.3) is 5.91 Å². The molecule has 1 fully saturated rings. The average molecular weight is 332 g/mol. The van der Waals surface area contributed by atoms with Crippen molar-refractivity contribution >= 4 is 11.8 Å². The summed E-state index contributed by atoms with van der Waals surface area (Å²) in [5.41, 5.74) is 0.112. The maximum Gasteiger partial charge on any atom is 0.253 e. The van der Waals surface area contributed by atoms with Crippen LogP contribution in [-0.2, 0) is 4.79 Å². The number of piperidine rings is 1. The summed E-state index contributed by atoms with van der Waals surface area (Å²) in [6.07, 6.45) is 2.29. The molecule has 0 saturated carbocycles. The van der Waals surface area contributed by atoms with Crippen molar-refractivity contribution in [3.8, 4) is 0 Å². The normalized spacial score (nSPS) is 22.0. The topological polar surface area (TPSA) is 69.6 Å². The van der Waals surface area contributed by atoms with Crippen LogP contribution in [0.3, 0.4) is 0 Å². The highest BCUT2D eigenvalue weighted by Crippen LogP contribution is 2.30. The van der Waals surface area contributed by atoms with Crippen LogP contribution in [0, 0.1) is 11.3 Å². The molecule has 2 atom stereocenters. The summed E-state index contributed by atoms with van der Waals surface area (Å²) in [4.78, 5) is 27.0. The molecule has 0 radical (unpaired) electrons. The van der Waals surface area contributed by atoms with Gasteiger partial charge in [0.15, 0.2) is 0 Å². The van der Waals surface area contributed by atoms with Gasteiger partial charge in [-0.3, -0.25) is 9.59 Å². The van der Waals surface area contributed by atoms with Gasteiger partial charge in [0, 0.05) is 31.8 Å². The van der Waals surface area contributed by atoms with Crippen molar-refractivity contribution in [2.24, 2.45) is 11.3 Å². The molecule has 5 nitrogen and oxygen atoms in total. The second kappa shape index (κ2) is 8.29. The Kier molecular flexibility index (Phi) is 6.37. The molecule has 1 aliphatic heterocycles. The minimum atomic E-state index is -0.554. The van der Waals surface area contributed by atoms with Gasteiger partial charge in [-0.25, -0.2) is 0 Å². The van der Waals surface area contributed by atoms with Crippen LogP contribution in [0.2, 0.25) is 0 Å². The maximum atomic E-state index is 12.6. The first-order valence-corrected chi connectivity index (χ1v) is 8.70. The molecule has 2 N–H and O–H groups in total. The van der Waals surface area contributed by atoms with E-state index in [1.54, 1.807) is 4.90 Å². The van der Waals surface area contributed by atoms with Crippen molar-refractivity contribution in [2.75, 3.05) is 26.2 Å². The van der Waals surface area contributed by atoms with Gasteiger partial charge in [-0.15, -0.1) is 0 Å². The number of amides is 2. The molecule has 1 heterocycles. The van der Waals surface area contributed by atoms with Gasteiger partial charge in [0.05, 0.1) is 5.41 Å². The summed E-state index contributed by atoms with van der Waals surface area (Å²) in [5.74, 6) is 0.231. The van der Waals surface area contributed by atoms with Gasteiger partial charge in [0.1, 0.15) is 0 Å². The van der Waals surface area contributed by atoms with E-state index in [1.165, 1.54) is 0 Å². The third-order valence-corrected chi connectivity index (χ3v) is 4.79. The number of rotatable bonds is 6. The zero-order chi connectivity index (χ0) is 17.6. The fraction of sp³-hybridized carbons (Fsp3) is 0.579. The molecule has 0 aliphatic carbocycles. The van der Waals surface area contributed by atoms with Gasteiger partial charge >= 0.3 is 0 Å². The monoisotopic (exact) mass is 332 g/mol. The van der Waals surface area contributed by atoms with Crippen molar-refractivity contribution in [1.82, 2.24) is 10.2 Å². The van der Waals surface area contributed by atoms with Crippen molar-refractivity contribution in [3.05, 3.63) is 35.9 Å². The van der Waals surface area contributed by atoms with E-state index < -0.39 is 5.41 Å². The van der Waals surface area contributed by atoms with Gasteiger partial charge in [-0.1, -0.05) is 25.1 Å². The van der Waals surface area contributed by atoms with Crippen LogP contribution in [0.15, 0.2) is 30.3 Å². The SMILES string of the molecule is CC(CCO)CNC(=O)C1(C)CCCN(C(=O)c2ccccc2)C1. The smallest absolute Gasteiger partial charge is 0.253 e. The third kappa shape index (κ3) is 4.57. The molecule has 1 aromatic rings. The molecule has 1 aromatic carbocycles. The fourth-order valence-electron chi connectivity index (χ4n) is 3.16. The van der Waals surface area contributed by atoms with E-state index >= 15 is 0 Å². The van der Waals surface area contributed by atoms with Crippen LogP contribution in [0.25, 0.3) is 0 Å². The first-order chi connectivity index (χ1) is 11.5. The van der Waals surface area contributed by atoms with Crippen molar-refractivity contribution in [3.63, 3.8) is 0 Å². The lowest BCUT2D eigenvalue weighted by Gasteiger charge is -2.39. The zero-order valence-corrected chi connectivity index (χ0v) is 14.6. The highest BCUT2D eigenvalue weighted by Gasteiger charge is 2.39. The molecule has 24 heavy (non-hydrogen) atoms. The Bertz CT molecular complexity index is 561. The second-order valence-electron chi connectivity index (χ2n) is 7.08. The largest absolute Gasteiger partial charge is 0.396 e. The fourth-order valence-corrected chi connectivity index (χ4v) is 3.16. The first kappa shape index (κ1) is 18.5. The third-order valence-electron chi connectivity index (χ3n) is 4.79. The number of carbonyl (C=O) groups excluding carboxylic acids is 2. The summed E-state index contributed by atoms with van der Waals surface area (Å²) < 4.78 is 0. The van der Waals surface area contributed by atoms with Crippen molar-refractivity contribution in [2.45, 2.75) is 33.1 Å². The molecule has 132 valence electrons. The summed E-state index contributed by atoms with van der Waals surface area (Å²) in [6.45, 7) is 5.77. The molecular formula is C19H28N2O3. The number of aliphatic hydroxyl groups is 1. The van der Waals surface area contributed by atoms with E-state index in [-0.39, 0.29) is 24.3 Å². The number of hydrogen-bond acceptors (Lipinski definition) is 3. The summed E-state index contributed by atoms with van der Waals surface area (Å²) in [7, 11) is 0. The van der Waals surface area contributed by atoms with Crippen molar-refractivity contribution < 1.29 is 14.7 Å². The molecule has 2 rings (SSSR count). The predicted octanol–water partition coefficient (Wildman–Crippen LogP) is 2.06. The van der Waals surface area contributed by atoms with Crippen LogP contribution < -0.4 is 5.32 Å². The predicted molar refractivity (Wildman–Crippen MR) is 93.6 cm³/mol. The Morgan fingerprint density at radius 3 is 2.71 bits per heavy atom. The van der Waals surface area contributed by atoms with Crippen LogP contribution in [0.5, 0.6) is 0 Å². The van der Waals surface area contributed by atoms with Gasteiger partial charge in [-0.2, -0.15) is 0 Å². The summed E-state index contributed by atoms with van der Waals surface area (Å²) in [5, 5.41) is 11.9. The first-order valence-electron chi connectivity index (χ1n) is 8.70. The molecule has 0 spiro atoms. The minimum Gasteiger partial charge on any atom is -0.396 e. The van der Waals surface area contributed by atoms with Crippen LogP contribution in [-0.4, -0.2) is 48.1 Å². The lowest BCUT2D eigenvalue weighted by Crippen LogP contribution is -2.52. The highest BCUT2D eigenvalue weighted by molar-refractivity contribution is 5.95. The molecule has 1 saturated heterocycles. The quantitative estimate of drug-likeness (QED) is 0.838. The minimum absolute atomic E-state index is 0.00199. The van der Waals surface area contributed by atoms with E-state index in [1.807, 2.05) is 44.2 Å². The molecule has 0 aromatic heterocycles. The number of nitrogens with zero attached hydrogens (tertiary/aromatic N) is 1. The Labute approximate surface area is 144 Å². The molecular weight excluding hydrogens is 304 g/mol. The van der Waals surface area contributed by atoms with E-state index in [2.05, 4.69) is 5.32 Å². The van der Waals surface area contributed by atoms with Crippen LogP contribution >= 0.6 is 0 Å². The van der Waals surface area contributed by atoms with E-state index in [9.17, 15) is 9.59 Å². The number of benzene rings is 1. The highest BCUT2D eigenvalue weighted by atomic mass is 16.3. The lowest BCUT2D eigenvalue weighted by atomic mass is 9.80. The zero-order valence-electron chi connectivity index (χ0n) is 14.6.